The van der Waals surface area contributed by atoms with E-state index >= 15 is 0 Å². The Bertz CT molecular complexity index is 1220. The number of Topliss-reactive ketones (excluding diaryl/α,β-unsaturated/α-hetero) is 1. The fraction of sp³-hybridized carbons (Fsp3) is 0.370. The molecule has 2 aromatic carbocycles. The third-order valence-corrected chi connectivity index (χ3v) is 6.64. The van der Waals surface area contributed by atoms with E-state index in [-0.39, 0.29) is 11.8 Å². The Labute approximate surface area is 200 Å². The molecule has 2 aliphatic rings. The number of allylic oxidation sites excluding steroid dienone is 2. The smallest absolute Gasteiger partial charge is 0.226 e. The summed E-state index contributed by atoms with van der Waals surface area (Å²) in [4.78, 5) is 20.3. The van der Waals surface area contributed by atoms with E-state index < -0.39 is 0 Å². The zero-order chi connectivity index (χ0) is 23.7. The normalized spacial score (nSPS) is 17.1. The molecule has 0 spiro atoms. The number of nitrogens with one attached hydrogen (secondary N) is 1. The summed E-state index contributed by atoms with van der Waals surface area (Å²) in [6.45, 7) is 8.76. The van der Waals surface area contributed by atoms with Gasteiger partial charge in [0, 0.05) is 47.6 Å². The van der Waals surface area contributed by atoms with Crippen molar-refractivity contribution in [2.75, 3.05) is 29.9 Å². The number of hydrogen-bond acceptors (Lipinski definition) is 6. The summed E-state index contributed by atoms with van der Waals surface area (Å²) >= 11 is 0. The van der Waals surface area contributed by atoms with E-state index in [0.717, 1.165) is 54.1 Å². The Morgan fingerprint density at radius 2 is 1.82 bits per heavy atom. The molecule has 1 aromatic heterocycles. The van der Waals surface area contributed by atoms with Crippen molar-refractivity contribution in [3.63, 3.8) is 0 Å². The molecule has 176 valence electrons. The van der Waals surface area contributed by atoms with Gasteiger partial charge in [-0.05, 0) is 63.9 Å². The molecular formula is C27H31N5O2. The number of anilines is 2. The van der Waals surface area contributed by atoms with Gasteiger partial charge in [0.15, 0.2) is 11.6 Å². The van der Waals surface area contributed by atoms with Crippen molar-refractivity contribution in [1.82, 2.24) is 14.8 Å². The van der Waals surface area contributed by atoms with Crippen LogP contribution in [-0.4, -0.2) is 40.2 Å². The van der Waals surface area contributed by atoms with Crippen LogP contribution in [0.25, 0.3) is 11.4 Å². The van der Waals surface area contributed by atoms with Crippen molar-refractivity contribution < 1.29 is 9.53 Å². The average molecular weight is 458 g/mol. The molecule has 0 saturated carbocycles. The van der Waals surface area contributed by atoms with Gasteiger partial charge in [0.1, 0.15) is 11.8 Å². The highest BCUT2D eigenvalue weighted by atomic mass is 16.5. The second-order valence-corrected chi connectivity index (χ2v) is 8.59. The van der Waals surface area contributed by atoms with Gasteiger partial charge in [-0.25, -0.2) is 4.68 Å². The zero-order valence-corrected chi connectivity index (χ0v) is 20.0. The lowest BCUT2D eigenvalue weighted by atomic mass is 9.85. The van der Waals surface area contributed by atoms with Crippen molar-refractivity contribution in [2.45, 2.75) is 46.1 Å². The van der Waals surface area contributed by atoms with E-state index in [1.807, 2.05) is 35.9 Å². The van der Waals surface area contributed by atoms with Crippen LogP contribution in [0.5, 0.6) is 5.75 Å². The van der Waals surface area contributed by atoms with Crippen molar-refractivity contribution in [3.05, 3.63) is 65.4 Å². The second kappa shape index (κ2) is 9.33. The van der Waals surface area contributed by atoms with E-state index in [1.54, 1.807) is 0 Å². The van der Waals surface area contributed by atoms with Gasteiger partial charge in [0.25, 0.3) is 0 Å². The molecule has 1 atom stereocenters. The van der Waals surface area contributed by atoms with Gasteiger partial charge in [-0.1, -0.05) is 18.2 Å². The van der Waals surface area contributed by atoms with Crippen LogP contribution in [0.2, 0.25) is 0 Å². The topological polar surface area (TPSA) is 72.3 Å². The van der Waals surface area contributed by atoms with Crippen LogP contribution in [0.1, 0.15) is 51.6 Å². The maximum Gasteiger partial charge on any atom is 0.226 e. The Morgan fingerprint density at radius 1 is 1.06 bits per heavy atom. The van der Waals surface area contributed by atoms with E-state index in [9.17, 15) is 4.79 Å². The predicted octanol–water partition coefficient (Wildman–Crippen LogP) is 5.21. The lowest BCUT2D eigenvalue weighted by molar-refractivity contribution is -0.116. The SMILES string of the molecule is CCOc1ccccc1C1C2=C(CCCC2=O)Nc2nc(-c3ccc(N(CC)CC)cc3)nn21. The quantitative estimate of drug-likeness (QED) is 0.525. The number of benzene rings is 2. The Kier molecular flexibility index (Phi) is 6.09. The van der Waals surface area contributed by atoms with Crippen LogP contribution < -0.4 is 15.0 Å². The highest BCUT2D eigenvalue weighted by Crippen LogP contribution is 2.43. The summed E-state index contributed by atoms with van der Waals surface area (Å²) in [7, 11) is 0. The van der Waals surface area contributed by atoms with Gasteiger partial charge < -0.3 is 15.0 Å². The number of rotatable bonds is 7. The molecule has 3 aromatic rings. The molecule has 0 radical (unpaired) electrons. The number of carbonyl (C=O) groups is 1. The Balaban J connectivity index is 1.59. The van der Waals surface area contributed by atoms with Crippen LogP contribution in [0.4, 0.5) is 11.6 Å². The molecule has 0 bridgehead atoms. The van der Waals surface area contributed by atoms with Crippen molar-refractivity contribution in [3.8, 4) is 17.1 Å². The minimum absolute atomic E-state index is 0.163. The number of fused-ring (bicyclic) bond motifs is 1. The first-order chi connectivity index (χ1) is 16.6. The first-order valence-corrected chi connectivity index (χ1v) is 12.2. The predicted molar refractivity (Wildman–Crippen MR) is 134 cm³/mol. The number of para-hydroxylation sites is 1. The molecule has 34 heavy (non-hydrogen) atoms. The highest BCUT2D eigenvalue weighted by Gasteiger charge is 2.38. The molecule has 1 aliphatic carbocycles. The lowest BCUT2D eigenvalue weighted by Gasteiger charge is -2.32. The second-order valence-electron chi connectivity index (χ2n) is 8.59. The maximum absolute atomic E-state index is 13.1. The van der Waals surface area contributed by atoms with Gasteiger partial charge >= 0.3 is 0 Å². The minimum Gasteiger partial charge on any atom is -0.494 e. The Morgan fingerprint density at radius 3 is 2.56 bits per heavy atom. The van der Waals surface area contributed by atoms with E-state index in [1.165, 1.54) is 5.69 Å². The summed E-state index contributed by atoms with van der Waals surface area (Å²) in [6.07, 6.45) is 2.23. The highest BCUT2D eigenvalue weighted by molar-refractivity contribution is 5.99. The fourth-order valence-corrected chi connectivity index (χ4v) is 4.97. The molecule has 5 rings (SSSR count). The van der Waals surface area contributed by atoms with Crippen LogP contribution in [-0.2, 0) is 4.79 Å². The molecule has 1 aliphatic heterocycles. The van der Waals surface area contributed by atoms with E-state index in [2.05, 4.69) is 48.3 Å². The zero-order valence-electron chi connectivity index (χ0n) is 20.0. The number of nitrogens with zero attached hydrogens (tertiary/aromatic N) is 4. The summed E-state index contributed by atoms with van der Waals surface area (Å²) in [5, 5.41) is 8.33. The third-order valence-electron chi connectivity index (χ3n) is 6.64. The summed E-state index contributed by atoms with van der Waals surface area (Å²) in [5.41, 5.74) is 4.79. The molecular weight excluding hydrogens is 426 g/mol. The number of ether oxygens (including phenoxy) is 1. The van der Waals surface area contributed by atoms with Gasteiger partial charge in [-0.2, -0.15) is 4.98 Å². The standard InChI is InChI=1S/C27H31N5O2/c1-4-31(5-2)19-16-14-18(15-17-19)26-29-27-28-21-11-9-12-22(33)24(21)25(32(27)30-26)20-10-7-8-13-23(20)34-6-3/h7-8,10,13-17,25H,4-6,9,11-12H2,1-3H3,(H,28,29,30). The van der Waals surface area contributed by atoms with Gasteiger partial charge in [-0.15, -0.1) is 5.10 Å². The van der Waals surface area contributed by atoms with Crippen LogP contribution in [0.15, 0.2) is 59.8 Å². The minimum atomic E-state index is -0.363. The summed E-state index contributed by atoms with van der Waals surface area (Å²) in [5.74, 6) is 2.23. The van der Waals surface area contributed by atoms with Crippen molar-refractivity contribution >= 4 is 17.4 Å². The number of aromatic nitrogens is 3. The largest absolute Gasteiger partial charge is 0.494 e. The molecule has 0 amide bonds. The van der Waals surface area contributed by atoms with Crippen LogP contribution >= 0.6 is 0 Å². The first-order valence-electron chi connectivity index (χ1n) is 12.2. The molecule has 2 heterocycles. The average Bonchev–Trinajstić information content (AvgIpc) is 3.29. The molecule has 7 heteroatoms. The van der Waals surface area contributed by atoms with Gasteiger partial charge in [0.05, 0.1) is 6.61 Å². The Hall–Kier alpha value is -3.61. The fourth-order valence-electron chi connectivity index (χ4n) is 4.97. The molecule has 0 saturated heterocycles. The number of ketones is 1. The first kappa shape index (κ1) is 22.2. The third kappa shape index (κ3) is 3.85. The summed E-state index contributed by atoms with van der Waals surface area (Å²) in [6, 6.07) is 15.9. The van der Waals surface area contributed by atoms with E-state index in [0.29, 0.717) is 24.8 Å². The summed E-state index contributed by atoms with van der Waals surface area (Å²) < 4.78 is 7.80. The molecule has 7 nitrogen and oxygen atoms in total. The van der Waals surface area contributed by atoms with Crippen LogP contribution in [0.3, 0.4) is 0 Å². The lowest BCUT2D eigenvalue weighted by Crippen LogP contribution is -2.31. The van der Waals surface area contributed by atoms with Gasteiger partial charge in [-0.3, -0.25) is 4.79 Å². The maximum atomic E-state index is 13.1. The number of carbonyl (C=O) groups excluding carboxylic acids is 1. The van der Waals surface area contributed by atoms with Crippen LogP contribution in [0, 0.1) is 0 Å². The molecule has 0 fully saturated rings. The van der Waals surface area contributed by atoms with Crippen molar-refractivity contribution in [2.24, 2.45) is 0 Å². The number of hydrogen-bond donors (Lipinski definition) is 1. The molecule has 1 N–H and O–H groups in total. The van der Waals surface area contributed by atoms with Gasteiger partial charge in [0.2, 0.25) is 5.95 Å². The molecule has 1 unspecified atom stereocenters. The van der Waals surface area contributed by atoms with E-state index in [4.69, 9.17) is 14.8 Å². The monoisotopic (exact) mass is 457 g/mol. The van der Waals surface area contributed by atoms with Crippen molar-refractivity contribution in [1.29, 1.82) is 0 Å².